The number of rotatable bonds is 6. The monoisotopic (exact) mass is 537 g/mol. The van der Waals surface area contributed by atoms with Crippen LogP contribution in [0, 0.1) is 0 Å². The van der Waals surface area contributed by atoms with Gasteiger partial charge in [-0.1, -0.05) is 51.1 Å². The Morgan fingerprint density at radius 1 is 0.842 bits per heavy atom. The lowest BCUT2D eigenvalue weighted by atomic mass is 9.86. The smallest absolute Gasteiger partial charge is 0.288 e. The number of sulfone groups is 1. The number of nitrogens with one attached hydrogen (secondary N) is 1. The van der Waals surface area contributed by atoms with Crippen LogP contribution in [0.2, 0.25) is 0 Å². The normalized spacial score (nSPS) is 15.1. The lowest BCUT2D eigenvalue weighted by Gasteiger charge is -2.36. The van der Waals surface area contributed by atoms with Crippen LogP contribution in [-0.4, -0.2) is 67.5 Å². The lowest BCUT2D eigenvalue weighted by Crippen LogP contribution is -2.57. The van der Waals surface area contributed by atoms with E-state index in [-0.39, 0.29) is 48.2 Å². The van der Waals surface area contributed by atoms with Gasteiger partial charge in [-0.15, -0.1) is 0 Å². The summed E-state index contributed by atoms with van der Waals surface area (Å²) in [4.78, 5) is 42.1. The molecule has 1 aliphatic rings. The molecule has 1 fully saturated rings. The molecule has 3 amide bonds. The summed E-state index contributed by atoms with van der Waals surface area (Å²) in [5.74, 6) is -1.85. The number of carbonyl (C=O) groups is 3. The fourth-order valence-corrected chi connectivity index (χ4v) is 5.69. The van der Waals surface area contributed by atoms with E-state index < -0.39 is 27.0 Å². The number of benzene rings is 2. The van der Waals surface area contributed by atoms with Crippen LogP contribution in [0.5, 0.6) is 0 Å². The van der Waals surface area contributed by atoms with Gasteiger partial charge in [-0.05, 0) is 47.4 Å². The summed E-state index contributed by atoms with van der Waals surface area (Å²) >= 11 is 0. The highest BCUT2D eigenvalue weighted by atomic mass is 32.2. The highest BCUT2D eigenvalue weighted by Gasteiger charge is 2.40. The first kappa shape index (κ1) is 27.1. The Bertz CT molecular complexity index is 1390. The topological polar surface area (TPSA) is 117 Å². The molecule has 0 radical (unpaired) electrons. The Morgan fingerprint density at radius 2 is 1.45 bits per heavy atom. The van der Waals surface area contributed by atoms with Gasteiger partial charge in [0.05, 0.1) is 11.2 Å². The van der Waals surface area contributed by atoms with Gasteiger partial charge in [-0.2, -0.15) is 0 Å². The molecule has 9 nitrogen and oxygen atoms in total. The van der Waals surface area contributed by atoms with E-state index in [0.29, 0.717) is 5.56 Å². The summed E-state index contributed by atoms with van der Waals surface area (Å²) < 4.78 is 31.9. The van der Waals surface area contributed by atoms with Gasteiger partial charge in [0.2, 0.25) is 15.2 Å². The molecule has 1 N–H and O–H groups in total. The number of carbonyl (C=O) groups excluding carboxylic acids is 3. The summed E-state index contributed by atoms with van der Waals surface area (Å²) in [7, 11) is -4.27. The minimum Gasteiger partial charge on any atom is -0.459 e. The Kier molecular flexibility index (Phi) is 7.73. The van der Waals surface area contributed by atoms with Gasteiger partial charge in [-0.25, -0.2) is 8.42 Å². The highest BCUT2D eigenvalue weighted by Crippen LogP contribution is 2.23. The maximum absolute atomic E-state index is 13.5. The molecule has 200 valence electrons. The van der Waals surface area contributed by atoms with E-state index in [1.54, 1.807) is 35.2 Å². The van der Waals surface area contributed by atoms with Gasteiger partial charge in [0, 0.05) is 31.7 Å². The molecular formula is C28H31N3O6S. The molecule has 3 aromatic rings. The van der Waals surface area contributed by atoms with Crippen molar-refractivity contribution < 1.29 is 27.2 Å². The number of amides is 3. The fraction of sp³-hybridized carbons (Fsp3) is 0.321. The molecule has 0 aliphatic carbocycles. The molecule has 1 aromatic heterocycles. The molecule has 1 saturated heterocycles. The predicted molar refractivity (Wildman–Crippen MR) is 141 cm³/mol. The number of hydrogen-bond acceptors (Lipinski definition) is 6. The number of furan rings is 1. The second kappa shape index (κ2) is 10.8. The summed E-state index contributed by atoms with van der Waals surface area (Å²) in [5, 5.41) is 0.488. The van der Waals surface area contributed by atoms with E-state index in [1.807, 2.05) is 12.1 Å². The number of hydrogen-bond donors (Lipinski definition) is 1. The Hall–Kier alpha value is -3.92. The van der Waals surface area contributed by atoms with Gasteiger partial charge in [0.1, 0.15) is 0 Å². The van der Waals surface area contributed by atoms with Crippen molar-refractivity contribution in [1.29, 1.82) is 0 Å². The number of piperazine rings is 1. The van der Waals surface area contributed by atoms with Crippen LogP contribution in [-0.2, 0) is 20.0 Å². The third-order valence-corrected chi connectivity index (χ3v) is 8.36. The van der Waals surface area contributed by atoms with E-state index in [4.69, 9.17) is 4.42 Å². The molecule has 1 atom stereocenters. The summed E-state index contributed by atoms with van der Waals surface area (Å²) in [6.07, 6.45) is 1.28. The predicted octanol–water partition coefficient (Wildman–Crippen LogP) is 3.09. The van der Waals surface area contributed by atoms with Crippen molar-refractivity contribution in [2.45, 2.75) is 36.5 Å². The van der Waals surface area contributed by atoms with E-state index in [2.05, 4.69) is 26.1 Å². The molecule has 0 spiro atoms. The van der Waals surface area contributed by atoms with E-state index in [0.717, 1.165) is 5.56 Å². The Balaban J connectivity index is 1.49. The van der Waals surface area contributed by atoms with Crippen LogP contribution >= 0.6 is 0 Å². The standard InChI is InChI=1S/C28H31N3O6S/c1-28(2,3)21-13-11-20(12-14-21)26(33)30-15-17-31(18-16-30)27(34)25(29-24(32)23-10-7-19-37-23)38(35,36)22-8-5-4-6-9-22/h4-14,19,25H,15-18H2,1-3H3,(H,29,32). The SMILES string of the molecule is CC(C)(C)c1ccc(C(=O)N2CCN(C(=O)C(NC(=O)c3ccco3)S(=O)(=O)c3ccccc3)CC2)cc1. The maximum atomic E-state index is 13.5. The largest absolute Gasteiger partial charge is 0.459 e. The van der Waals surface area contributed by atoms with Crippen molar-refractivity contribution in [2.75, 3.05) is 26.2 Å². The van der Waals surface area contributed by atoms with Crippen molar-refractivity contribution in [3.8, 4) is 0 Å². The summed E-state index contributed by atoms with van der Waals surface area (Å²) in [6.45, 7) is 7.02. The molecule has 2 aromatic carbocycles. The Morgan fingerprint density at radius 3 is 2.00 bits per heavy atom. The third kappa shape index (κ3) is 5.80. The van der Waals surface area contributed by atoms with Gasteiger partial charge in [-0.3, -0.25) is 14.4 Å². The highest BCUT2D eigenvalue weighted by molar-refractivity contribution is 7.92. The van der Waals surface area contributed by atoms with E-state index >= 15 is 0 Å². The summed E-state index contributed by atoms with van der Waals surface area (Å²) in [5.41, 5.74) is 1.64. The van der Waals surface area contributed by atoms with Crippen molar-refractivity contribution in [3.05, 3.63) is 89.9 Å². The average molecular weight is 538 g/mol. The molecule has 4 rings (SSSR count). The van der Waals surface area contributed by atoms with E-state index in [1.165, 1.54) is 35.4 Å². The molecule has 0 saturated carbocycles. The zero-order valence-corrected chi connectivity index (χ0v) is 22.4. The average Bonchev–Trinajstić information content (AvgIpc) is 3.46. The van der Waals surface area contributed by atoms with Crippen LogP contribution in [0.1, 0.15) is 47.2 Å². The first-order valence-corrected chi connectivity index (χ1v) is 13.8. The lowest BCUT2D eigenvalue weighted by molar-refractivity contribution is -0.132. The molecule has 0 bridgehead atoms. The van der Waals surface area contributed by atoms with Crippen LogP contribution in [0.3, 0.4) is 0 Å². The number of nitrogens with zero attached hydrogens (tertiary/aromatic N) is 2. The summed E-state index contributed by atoms with van der Waals surface area (Å²) in [6, 6.07) is 17.8. The van der Waals surface area contributed by atoms with Crippen molar-refractivity contribution in [1.82, 2.24) is 15.1 Å². The zero-order chi connectivity index (χ0) is 27.5. The molecule has 10 heteroatoms. The first-order valence-electron chi connectivity index (χ1n) is 12.3. The first-order chi connectivity index (χ1) is 18.0. The van der Waals surface area contributed by atoms with E-state index in [9.17, 15) is 22.8 Å². The molecule has 38 heavy (non-hydrogen) atoms. The molecule has 1 unspecified atom stereocenters. The minimum absolute atomic E-state index is 0.0312. The second-order valence-electron chi connectivity index (χ2n) is 10.1. The molecule has 1 aliphatic heterocycles. The van der Waals surface area contributed by atoms with Gasteiger partial charge >= 0.3 is 0 Å². The van der Waals surface area contributed by atoms with Gasteiger partial charge < -0.3 is 19.5 Å². The van der Waals surface area contributed by atoms with Crippen LogP contribution in [0.15, 0.2) is 82.3 Å². The van der Waals surface area contributed by atoms with Crippen LogP contribution in [0.4, 0.5) is 0 Å². The van der Waals surface area contributed by atoms with Crippen LogP contribution in [0.25, 0.3) is 0 Å². The van der Waals surface area contributed by atoms with Gasteiger partial charge in [0.25, 0.3) is 17.7 Å². The van der Waals surface area contributed by atoms with Crippen molar-refractivity contribution in [3.63, 3.8) is 0 Å². The second-order valence-corrected chi connectivity index (χ2v) is 12.2. The maximum Gasteiger partial charge on any atom is 0.288 e. The molecule has 2 heterocycles. The van der Waals surface area contributed by atoms with Crippen molar-refractivity contribution in [2.24, 2.45) is 0 Å². The van der Waals surface area contributed by atoms with Gasteiger partial charge in [0.15, 0.2) is 5.76 Å². The fourth-order valence-electron chi connectivity index (χ4n) is 4.21. The Labute approximate surface area is 222 Å². The van der Waals surface area contributed by atoms with Crippen LogP contribution < -0.4 is 5.32 Å². The minimum atomic E-state index is -4.27. The third-order valence-electron chi connectivity index (χ3n) is 6.49. The zero-order valence-electron chi connectivity index (χ0n) is 21.6. The molecular weight excluding hydrogens is 506 g/mol. The van der Waals surface area contributed by atoms with Crippen molar-refractivity contribution >= 4 is 27.6 Å². The quantitative estimate of drug-likeness (QED) is 0.517.